The third-order valence-electron chi connectivity index (χ3n) is 4.94. The van der Waals surface area contributed by atoms with Crippen LogP contribution >= 0.6 is 0 Å². The van der Waals surface area contributed by atoms with Crippen LogP contribution in [0.1, 0.15) is 24.1 Å². The Morgan fingerprint density at radius 2 is 1.79 bits per heavy atom. The normalized spacial score (nSPS) is 15.4. The van der Waals surface area contributed by atoms with Crippen LogP contribution in [0.2, 0.25) is 0 Å². The zero-order valence-corrected chi connectivity index (χ0v) is 20.5. The van der Waals surface area contributed by atoms with E-state index in [4.69, 9.17) is 0 Å². The van der Waals surface area contributed by atoms with Crippen LogP contribution in [0.3, 0.4) is 0 Å². The minimum absolute atomic E-state index is 0.274. The number of urea groups is 1. The predicted octanol–water partition coefficient (Wildman–Crippen LogP) is 3.01. The second kappa shape index (κ2) is 9.92. The molecule has 1 N–H and O–H groups in total. The van der Waals surface area contributed by atoms with Crippen LogP contribution < -0.4 is 5.32 Å². The molecule has 154 valence electrons. The van der Waals surface area contributed by atoms with Crippen molar-refractivity contribution >= 4 is 37.8 Å². The molecule has 0 radical (unpaired) electrons. The number of aryl methyl sites for hydroxylation is 1. The summed E-state index contributed by atoms with van der Waals surface area (Å²) in [7, 11) is 0. The number of alkyl halides is 3. The Balaban J connectivity index is 1.35. The first-order chi connectivity index (χ1) is 13.8. The molecule has 2 heterocycles. The van der Waals surface area contributed by atoms with Gasteiger partial charge in [-0.1, -0.05) is 0 Å². The van der Waals surface area contributed by atoms with Crippen LogP contribution in [0.25, 0.3) is 0 Å². The number of nitrogens with zero attached hydrogens (tertiary/aromatic N) is 4. The average Bonchev–Trinajstić information content (AvgIpc) is 3.10. The number of benzene rings is 1. The van der Waals surface area contributed by atoms with Crippen LogP contribution in [-0.4, -0.2) is 82.0 Å². The van der Waals surface area contributed by atoms with Gasteiger partial charge >= 0.3 is 126 Å². The van der Waals surface area contributed by atoms with Gasteiger partial charge in [-0.25, -0.2) is 4.79 Å². The van der Waals surface area contributed by atoms with Crippen LogP contribution in [0.15, 0.2) is 36.8 Å². The fourth-order valence-corrected chi connectivity index (χ4v) is 4.20. The maximum atomic E-state index is 12.6. The molecule has 0 spiro atoms. The van der Waals surface area contributed by atoms with Crippen molar-refractivity contribution < 1.29 is 18.0 Å². The first-order valence-corrected chi connectivity index (χ1v) is 11.6. The number of hydrogen-bond donors (Lipinski definition) is 1. The molecule has 3 rings (SSSR count). The van der Waals surface area contributed by atoms with Crippen LogP contribution in [0, 0.1) is 0 Å². The summed E-state index contributed by atoms with van der Waals surface area (Å²) in [6.45, 7) is 3.82. The van der Waals surface area contributed by atoms with E-state index < -0.39 is 11.7 Å². The summed E-state index contributed by atoms with van der Waals surface area (Å²) < 4.78 is 39.9. The second-order valence-corrected chi connectivity index (χ2v) is 9.42. The predicted molar refractivity (Wildman–Crippen MR) is 105 cm³/mol. The average molecular weight is 599 g/mol. The molecule has 2 aromatic rings. The molecule has 1 aliphatic rings. The molecule has 1 aromatic heterocycles. The van der Waals surface area contributed by atoms with Gasteiger partial charge in [0, 0.05) is 5.69 Å². The van der Waals surface area contributed by atoms with Gasteiger partial charge in [-0.05, 0) is 24.3 Å². The van der Waals surface area contributed by atoms with E-state index in [2.05, 4.69) is 23.8 Å². The summed E-state index contributed by atoms with van der Waals surface area (Å²) in [5.74, 6) is 0. The molecular weight excluding hydrogens is 576 g/mol. The summed E-state index contributed by atoms with van der Waals surface area (Å²) in [5.41, 5.74) is 0.787. The number of anilines is 1. The number of unbranched alkanes of at least 4 members (excludes halogenated alkanes) is 1. The molecular formula is C19H23F3N5OTl. The van der Waals surface area contributed by atoms with E-state index in [9.17, 15) is 18.0 Å². The molecule has 1 aromatic carbocycles. The molecule has 0 aliphatic carbocycles. The monoisotopic (exact) mass is 599 g/mol. The van der Waals surface area contributed by atoms with Crippen molar-refractivity contribution in [3.05, 3.63) is 48.0 Å². The standard InChI is InChI=1S/C19H24F3N5O.Tl/c20-19(21,22)15-4-6-16(7-5-15)25-18(28)27-11-9-26(10-12-27)8-2-1-3-17-13-23-14-24-17;/h4-7,13-14H,1-3,8-12H2,(H2,23,24,25,28);/q;+1/p-1. The Bertz CT molecular complexity index is 801. The van der Waals surface area contributed by atoms with E-state index in [0.29, 0.717) is 18.8 Å². The number of halogens is 3. The molecule has 29 heavy (non-hydrogen) atoms. The zero-order chi connectivity index (χ0) is 20.9. The van der Waals surface area contributed by atoms with Crippen molar-refractivity contribution in [3.63, 3.8) is 0 Å². The molecule has 6 nitrogen and oxygen atoms in total. The topological polar surface area (TPSA) is 53.4 Å². The third kappa shape index (κ3) is 6.69. The summed E-state index contributed by atoms with van der Waals surface area (Å²) in [6, 6.07) is 4.23. The summed E-state index contributed by atoms with van der Waals surface area (Å²) in [6.07, 6.45) is 2.80. The fourth-order valence-electron chi connectivity index (χ4n) is 3.27. The molecule has 0 unspecified atom stereocenters. The van der Waals surface area contributed by atoms with Gasteiger partial charge in [0.1, 0.15) is 0 Å². The van der Waals surface area contributed by atoms with Gasteiger partial charge in [-0.3, -0.25) is 0 Å². The first kappa shape index (κ1) is 22.1. The van der Waals surface area contributed by atoms with Gasteiger partial charge in [-0.15, -0.1) is 0 Å². The van der Waals surface area contributed by atoms with Gasteiger partial charge in [0.15, 0.2) is 0 Å². The number of carbonyl (C=O) groups excluding carboxylic acids is 1. The van der Waals surface area contributed by atoms with Gasteiger partial charge in [0.25, 0.3) is 0 Å². The van der Waals surface area contributed by atoms with Crippen molar-refractivity contribution in [2.24, 2.45) is 0 Å². The van der Waals surface area contributed by atoms with Crippen LogP contribution in [-0.2, 0) is 12.6 Å². The Labute approximate surface area is 184 Å². The summed E-state index contributed by atoms with van der Waals surface area (Å²) in [4.78, 5) is 20.8. The Hall–Kier alpha value is -1.63. The third-order valence-corrected chi connectivity index (χ3v) is 6.03. The minimum atomic E-state index is -4.38. The molecule has 2 amide bonds. The number of nitrogens with one attached hydrogen (secondary N) is 1. The summed E-state index contributed by atoms with van der Waals surface area (Å²) >= 11 is 0.758. The van der Waals surface area contributed by atoms with E-state index >= 15 is 0 Å². The number of piperazine rings is 1. The Morgan fingerprint density at radius 3 is 2.38 bits per heavy atom. The van der Waals surface area contributed by atoms with Gasteiger partial charge in [-0.2, -0.15) is 13.2 Å². The quantitative estimate of drug-likeness (QED) is 0.411. The second-order valence-electron chi connectivity index (χ2n) is 7.10. The van der Waals surface area contributed by atoms with Gasteiger partial charge in [0.2, 0.25) is 0 Å². The Kier molecular flexibility index (Phi) is 7.55. The number of aromatic nitrogens is 2. The molecule has 1 saturated heterocycles. The van der Waals surface area contributed by atoms with Crippen molar-refractivity contribution in [2.75, 3.05) is 38.0 Å². The van der Waals surface area contributed by atoms with Crippen molar-refractivity contribution in [3.8, 4) is 0 Å². The molecule has 10 heteroatoms. The molecule has 0 bridgehead atoms. The first-order valence-electron chi connectivity index (χ1n) is 9.55. The van der Waals surface area contributed by atoms with E-state index in [0.717, 1.165) is 82.8 Å². The van der Waals surface area contributed by atoms with Crippen molar-refractivity contribution in [2.45, 2.75) is 25.4 Å². The number of rotatable bonds is 6. The molecule has 0 atom stereocenters. The zero-order valence-electron chi connectivity index (χ0n) is 16.0. The molecule has 1 fully saturated rings. The fraction of sp³-hybridized carbons (Fsp3) is 0.474. The maximum absolute atomic E-state index is 12.6. The van der Waals surface area contributed by atoms with E-state index in [1.807, 2.05) is 6.33 Å². The van der Waals surface area contributed by atoms with Crippen molar-refractivity contribution in [1.29, 1.82) is 0 Å². The number of carbonyl (C=O) groups is 1. The van der Waals surface area contributed by atoms with Crippen LogP contribution in [0.5, 0.6) is 0 Å². The summed E-state index contributed by atoms with van der Waals surface area (Å²) in [5, 5.41) is 2.67. The SMILES string of the molecule is O=C(Nc1ccc(C(F)(F)F)cc1)N1CCN(CCCCc2c[n]([Tl])cn2)CC1. The molecule has 0 saturated carbocycles. The number of amides is 2. The van der Waals surface area contributed by atoms with Crippen LogP contribution in [0.4, 0.5) is 23.7 Å². The number of hydrogen-bond acceptors (Lipinski definition) is 3. The van der Waals surface area contributed by atoms with E-state index in [1.54, 1.807) is 4.90 Å². The molecule has 1 aliphatic heterocycles. The van der Waals surface area contributed by atoms with Gasteiger partial charge < -0.3 is 5.32 Å². The van der Waals surface area contributed by atoms with Gasteiger partial charge in [0.05, 0.1) is 5.56 Å². The van der Waals surface area contributed by atoms with E-state index in [-0.39, 0.29) is 6.03 Å². The van der Waals surface area contributed by atoms with E-state index in [1.165, 1.54) is 12.1 Å². The number of imidazole rings is 1. The van der Waals surface area contributed by atoms with Crippen molar-refractivity contribution in [1.82, 2.24) is 17.2 Å². The Morgan fingerprint density at radius 1 is 1.10 bits per heavy atom.